The Morgan fingerprint density at radius 2 is 1.91 bits per heavy atom. The molecular formula is C23H21ClN4O4S2. The summed E-state index contributed by atoms with van der Waals surface area (Å²) in [5.41, 5.74) is 0.858. The molecule has 176 valence electrons. The van der Waals surface area contributed by atoms with Crippen LogP contribution in [0.25, 0.3) is 6.08 Å². The van der Waals surface area contributed by atoms with Crippen LogP contribution in [0.3, 0.4) is 0 Å². The van der Waals surface area contributed by atoms with Crippen LogP contribution in [0.1, 0.15) is 12.5 Å². The van der Waals surface area contributed by atoms with Crippen LogP contribution in [0, 0.1) is 5.41 Å². The second-order valence-corrected chi connectivity index (χ2v) is 9.25. The zero-order chi connectivity index (χ0) is 24.1. The second-order valence-electron chi connectivity index (χ2n) is 6.88. The van der Waals surface area contributed by atoms with Crippen molar-refractivity contribution >= 4 is 63.5 Å². The van der Waals surface area contributed by atoms with Crippen molar-refractivity contribution in [2.45, 2.75) is 6.92 Å². The number of aliphatic imine (C=N–C) groups is 1. The first kappa shape index (κ1) is 24.2. The molecule has 2 aromatic rings. The maximum Gasteiger partial charge on any atom is 0.283 e. The van der Waals surface area contributed by atoms with E-state index in [0.717, 1.165) is 17.7 Å². The SMILES string of the molecule is CCSC1=NSC2=NC(=O)/C(=C\c3ccc(OCCOc4ccccc4Cl)c(OC)c3)C(=N)N12. The fourth-order valence-corrected chi connectivity index (χ4v) is 4.91. The van der Waals surface area contributed by atoms with E-state index in [2.05, 4.69) is 9.39 Å². The molecule has 0 aliphatic carbocycles. The number of fused-ring (bicyclic) bond motifs is 1. The van der Waals surface area contributed by atoms with E-state index < -0.39 is 5.91 Å². The number of hydrogen-bond donors (Lipinski definition) is 1. The summed E-state index contributed by atoms with van der Waals surface area (Å²) in [6, 6.07) is 12.5. The van der Waals surface area contributed by atoms with Gasteiger partial charge in [0, 0.05) is 0 Å². The Balaban J connectivity index is 1.46. The lowest BCUT2D eigenvalue weighted by atomic mass is 10.1. The van der Waals surface area contributed by atoms with E-state index >= 15 is 0 Å². The summed E-state index contributed by atoms with van der Waals surface area (Å²) >= 11 is 8.69. The van der Waals surface area contributed by atoms with Gasteiger partial charge in [-0.3, -0.25) is 10.2 Å². The number of rotatable bonds is 8. The molecule has 8 nitrogen and oxygen atoms in total. The summed E-state index contributed by atoms with van der Waals surface area (Å²) < 4.78 is 21.2. The van der Waals surface area contributed by atoms with E-state index in [1.807, 2.05) is 19.1 Å². The van der Waals surface area contributed by atoms with Gasteiger partial charge in [0.2, 0.25) is 5.17 Å². The number of carbonyl (C=O) groups is 1. The predicted molar refractivity (Wildman–Crippen MR) is 139 cm³/mol. The lowest BCUT2D eigenvalue weighted by Crippen LogP contribution is -2.41. The number of amides is 1. The molecule has 0 saturated heterocycles. The van der Waals surface area contributed by atoms with Crippen LogP contribution in [-0.4, -0.2) is 53.1 Å². The molecular weight excluding hydrogens is 496 g/mol. The van der Waals surface area contributed by atoms with E-state index in [9.17, 15) is 4.79 Å². The molecule has 2 aromatic carbocycles. The number of nitrogens with zero attached hydrogens (tertiary/aromatic N) is 3. The Kier molecular flexibility index (Phi) is 7.81. The number of amidine groups is 3. The molecule has 0 saturated carbocycles. The van der Waals surface area contributed by atoms with E-state index in [1.54, 1.807) is 41.3 Å². The van der Waals surface area contributed by atoms with Gasteiger partial charge >= 0.3 is 0 Å². The van der Waals surface area contributed by atoms with E-state index in [-0.39, 0.29) is 18.0 Å². The number of thioether (sulfide) groups is 1. The molecule has 2 aliphatic heterocycles. The minimum absolute atomic E-state index is 0.0516. The van der Waals surface area contributed by atoms with Crippen molar-refractivity contribution in [3.05, 3.63) is 58.6 Å². The quantitative estimate of drug-likeness (QED) is 0.295. The van der Waals surface area contributed by atoms with Crippen LogP contribution in [-0.2, 0) is 4.79 Å². The zero-order valence-corrected chi connectivity index (χ0v) is 20.8. The fourth-order valence-electron chi connectivity index (χ4n) is 3.15. The van der Waals surface area contributed by atoms with Crippen molar-refractivity contribution in [3.63, 3.8) is 0 Å². The molecule has 11 heteroatoms. The number of hydrogen-bond acceptors (Lipinski definition) is 8. The smallest absolute Gasteiger partial charge is 0.283 e. The highest BCUT2D eigenvalue weighted by Gasteiger charge is 2.37. The highest BCUT2D eigenvalue weighted by molar-refractivity contribution is 8.19. The summed E-state index contributed by atoms with van der Waals surface area (Å²) in [5, 5.41) is 10.2. The zero-order valence-electron chi connectivity index (χ0n) is 18.4. The Labute approximate surface area is 210 Å². The van der Waals surface area contributed by atoms with Gasteiger partial charge in [-0.1, -0.05) is 48.5 Å². The number of carbonyl (C=O) groups excluding carboxylic acids is 1. The molecule has 0 atom stereocenters. The first-order valence-electron chi connectivity index (χ1n) is 10.3. The van der Waals surface area contributed by atoms with E-state index in [4.69, 9.17) is 31.2 Å². The number of methoxy groups -OCH3 is 1. The van der Waals surface area contributed by atoms with Crippen LogP contribution in [0.4, 0.5) is 0 Å². The lowest BCUT2D eigenvalue weighted by molar-refractivity contribution is -0.114. The summed E-state index contributed by atoms with van der Waals surface area (Å²) in [5.74, 6) is 1.99. The number of ether oxygens (including phenoxy) is 3. The van der Waals surface area contributed by atoms with Crippen molar-refractivity contribution in [2.24, 2.45) is 9.39 Å². The normalized spacial score (nSPS) is 16.3. The summed E-state index contributed by atoms with van der Waals surface area (Å²) in [6.07, 6.45) is 1.62. The lowest BCUT2D eigenvalue weighted by Gasteiger charge is -2.24. The maximum absolute atomic E-state index is 12.6. The second kappa shape index (κ2) is 11.0. The standard InChI is InChI=1S/C23H21ClN4O4S2/c1-3-33-23-27-34-22-26-21(29)15(20(25)28(22)23)12-14-8-9-18(19(13-14)30-2)32-11-10-31-17-7-5-4-6-16(17)24/h4-9,12-13,25H,3,10-11H2,1-2H3/b15-12-,25-20?. The highest BCUT2D eigenvalue weighted by atomic mass is 35.5. The molecule has 0 unspecified atom stereocenters. The molecule has 1 amide bonds. The molecule has 4 rings (SSSR count). The average molecular weight is 517 g/mol. The molecule has 1 N–H and O–H groups in total. The van der Waals surface area contributed by atoms with Gasteiger partial charge in [0.05, 0.1) is 29.7 Å². The van der Waals surface area contributed by atoms with Gasteiger partial charge in [-0.2, -0.15) is 9.39 Å². The Bertz CT molecular complexity index is 1220. The Hall–Kier alpha value is -2.95. The monoisotopic (exact) mass is 516 g/mol. The van der Waals surface area contributed by atoms with Crippen LogP contribution < -0.4 is 14.2 Å². The topological polar surface area (TPSA) is 96.6 Å². The summed E-state index contributed by atoms with van der Waals surface area (Å²) in [6.45, 7) is 2.59. The third-order valence-electron chi connectivity index (χ3n) is 4.70. The Morgan fingerprint density at radius 3 is 2.65 bits per heavy atom. The van der Waals surface area contributed by atoms with Crippen LogP contribution in [0.5, 0.6) is 17.2 Å². The molecule has 0 bridgehead atoms. The van der Waals surface area contributed by atoms with Crippen LogP contribution in [0.15, 0.2) is 57.4 Å². The fraction of sp³-hybridized carbons (Fsp3) is 0.217. The molecule has 2 aliphatic rings. The van der Waals surface area contributed by atoms with Crippen molar-refractivity contribution < 1.29 is 19.0 Å². The van der Waals surface area contributed by atoms with Gasteiger partial charge < -0.3 is 14.2 Å². The van der Waals surface area contributed by atoms with Crippen molar-refractivity contribution in [1.82, 2.24) is 4.90 Å². The van der Waals surface area contributed by atoms with E-state index in [0.29, 0.717) is 44.8 Å². The molecule has 0 fully saturated rings. The average Bonchev–Trinajstić information content (AvgIpc) is 3.23. The highest BCUT2D eigenvalue weighted by Crippen LogP contribution is 2.33. The van der Waals surface area contributed by atoms with Gasteiger partial charge in [0.25, 0.3) is 5.91 Å². The van der Waals surface area contributed by atoms with Crippen molar-refractivity contribution in [1.29, 1.82) is 5.41 Å². The van der Waals surface area contributed by atoms with Gasteiger partial charge in [0.1, 0.15) is 24.8 Å². The van der Waals surface area contributed by atoms with Gasteiger partial charge in [-0.05, 0) is 41.7 Å². The third-order valence-corrected chi connectivity index (χ3v) is 6.65. The number of halogens is 1. The summed E-state index contributed by atoms with van der Waals surface area (Å²) in [7, 11) is 1.54. The molecule has 0 radical (unpaired) electrons. The largest absolute Gasteiger partial charge is 0.493 e. The van der Waals surface area contributed by atoms with E-state index in [1.165, 1.54) is 18.9 Å². The number of benzene rings is 2. The Morgan fingerprint density at radius 1 is 1.15 bits per heavy atom. The van der Waals surface area contributed by atoms with Crippen LogP contribution >= 0.6 is 35.3 Å². The summed E-state index contributed by atoms with van der Waals surface area (Å²) in [4.78, 5) is 18.3. The minimum atomic E-state index is -0.474. The van der Waals surface area contributed by atoms with Crippen LogP contribution in [0.2, 0.25) is 5.02 Å². The predicted octanol–water partition coefficient (Wildman–Crippen LogP) is 5.14. The maximum atomic E-state index is 12.6. The number of para-hydroxylation sites is 1. The first-order chi connectivity index (χ1) is 16.5. The van der Waals surface area contributed by atoms with Gasteiger partial charge in [-0.15, -0.1) is 0 Å². The minimum Gasteiger partial charge on any atom is -0.493 e. The van der Waals surface area contributed by atoms with Gasteiger partial charge in [-0.25, -0.2) is 4.90 Å². The van der Waals surface area contributed by atoms with Gasteiger partial charge in [0.15, 0.2) is 16.7 Å². The number of nitrogens with one attached hydrogen (secondary N) is 1. The molecule has 34 heavy (non-hydrogen) atoms. The first-order valence-corrected chi connectivity index (χ1v) is 12.4. The molecule has 0 aromatic heterocycles. The van der Waals surface area contributed by atoms with Crippen molar-refractivity contribution in [2.75, 3.05) is 26.1 Å². The molecule has 2 heterocycles. The van der Waals surface area contributed by atoms with Crippen molar-refractivity contribution in [3.8, 4) is 17.2 Å². The molecule has 0 spiro atoms. The third kappa shape index (κ3) is 5.24.